The summed E-state index contributed by atoms with van der Waals surface area (Å²) in [6, 6.07) is 14.2. The number of hydrogen-bond acceptors (Lipinski definition) is 3. The van der Waals surface area contributed by atoms with Crippen LogP contribution in [-0.2, 0) is 11.3 Å². The fourth-order valence-corrected chi connectivity index (χ4v) is 2.56. The Hall–Kier alpha value is -2.66. The van der Waals surface area contributed by atoms with Gasteiger partial charge in [0, 0.05) is 0 Å². The number of carbonyl (C=O) groups excluding carboxylic acids is 1. The summed E-state index contributed by atoms with van der Waals surface area (Å²) in [6.45, 7) is 1.53. The Morgan fingerprint density at radius 2 is 1.87 bits per heavy atom. The smallest absolute Gasteiger partial charge is 0.272 e. The fourth-order valence-electron chi connectivity index (χ4n) is 2.37. The van der Waals surface area contributed by atoms with Crippen molar-refractivity contribution in [3.05, 3.63) is 69.6 Å². The van der Waals surface area contributed by atoms with E-state index in [1.165, 1.54) is 4.57 Å². The SMILES string of the molecule is Cc1nc2ccccc2n(CC(=O)Nc2ccccc2Cl)c1=O. The largest absolute Gasteiger partial charge is 0.323 e. The van der Waals surface area contributed by atoms with Crippen LogP contribution in [0.2, 0.25) is 5.02 Å². The van der Waals surface area contributed by atoms with E-state index in [1.54, 1.807) is 43.3 Å². The minimum atomic E-state index is -0.323. The maximum atomic E-state index is 12.3. The third-order valence-electron chi connectivity index (χ3n) is 3.47. The minimum absolute atomic E-state index is 0.103. The number of fused-ring (bicyclic) bond motifs is 1. The number of nitrogens with zero attached hydrogens (tertiary/aromatic N) is 2. The quantitative estimate of drug-likeness (QED) is 0.804. The van der Waals surface area contributed by atoms with Gasteiger partial charge in [-0.15, -0.1) is 0 Å². The van der Waals surface area contributed by atoms with Gasteiger partial charge in [0.15, 0.2) is 0 Å². The summed E-state index contributed by atoms with van der Waals surface area (Å²) in [4.78, 5) is 28.9. The van der Waals surface area contributed by atoms with Gasteiger partial charge >= 0.3 is 0 Å². The summed E-state index contributed by atoms with van der Waals surface area (Å²) in [5.41, 5.74) is 1.89. The summed E-state index contributed by atoms with van der Waals surface area (Å²) in [5.74, 6) is -0.323. The van der Waals surface area contributed by atoms with Gasteiger partial charge in [0.05, 0.1) is 21.7 Å². The zero-order valence-corrected chi connectivity index (χ0v) is 13.2. The van der Waals surface area contributed by atoms with Crippen LogP contribution in [0.3, 0.4) is 0 Å². The Morgan fingerprint density at radius 3 is 2.65 bits per heavy atom. The van der Waals surface area contributed by atoms with E-state index >= 15 is 0 Å². The molecule has 1 aromatic heterocycles. The van der Waals surface area contributed by atoms with E-state index in [2.05, 4.69) is 10.3 Å². The summed E-state index contributed by atoms with van der Waals surface area (Å²) in [6.07, 6.45) is 0. The first-order chi connectivity index (χ1) is 11.1. The van der Waals surface area contributed by atoms with Gasteiger partial charge in [0.25, 0.3) is 5.56 Å². The molecule has 1 amide bonds. The predicted octanol–water partition coefficient (Wildman–Crippen LogP) is 3.00. The molecule has 1 heterocycles. The van der Waals surface area contributed by atoms with E-state index in [9.17, 15) is 9.59 Å². The second-order valence-corrected chi connectivity index (χ2v) is 5.51. The van der Waals surface area contributed by atoms with E-state index in [0.29, 0.717) is 27.4 Å². The standard InChI is InChI=1S/C17H14ClN3O2/c1-11-17(23)21(15-9-5-4-8-14(15)19-11)10-16(22)20-13-7-3-2-6-12(13)18/h2-9H,10H2,1H3,(H,20,22). The van der Waals surface area contributed by atoms with Gasteiger partial charge in [-0.25, -0.2) is 4.98 Å². The molecule has 3 aromatic rings. The van der Waals surface area contributed by atoms with Gasteiger partial charge in [-0.3, -0.25) is 14.2 Å². The second kappa shape index (κ2) is 6.22. The molecule has 0 spiro atoms. The number of aryl methyl sites for hydroxylation is 1. The van der Waals surface area contributed by atoms with Gasteiger partial charge in [-0.2, -0.15) is 0 Å². The van der Waals surface area contributed by atoms with Crippen LogP contribution in [0, 0.1) is 6.92 Å². The monoisotopic (exact) mass is 327 g/mol. The molecule has 0 saturated heterocycles. The van der Waals surface area contributed by atoms with Crippen LogP contribution in [0.5, 0.6) is 0 Å². The Kier molecular flexibility index (Phi) is 4.12. The van der Waals surface area contributed by atoms with Crippen LogP contribution in [0.4, 0.5) is 5.69 Å². The molecule has 116 valence electrons. The molecule has 0 unspecified atom stereocenters. The zero-order chi connectivity index (χ0) is 16.4. The van der Waals surface area contributed by atoms with Crippen molar-refractivity contribution in [2.75, 3.05) is 5.32 Å². The van der Waals surface area contributed by atoms with Gasteiger partial charge < -0.3 is 5.32 Å². The highest BCUT2D eigenvalue weighted by Gasteiger charge is 2.12. The number of anilines is 1. The maximum absolute atomic E-state index is 12.3. The van der Waals surface area contributed by atoms with Crippen molar-refractivity contribution in [1.82, 2.24) is 9.55 Å². The molecule has 0 bridgehead atoms. The molecular formula is C17H14ClN3O2. The number of halogens is 1. The van der Waals surface area contributed by atoms with Crippen LogP contribution >= 0.6 is 11.6 Å². The maximum Gasteiger partial charge on any atom is 0.272 e. The van der Waals surface area contributed by atoms with E-state index in [0.717, 1.165) is 0 Å². The van der Waals surface area contributed by atoms with Crippen LogP contribution < -0.4 is 10.9 Å². The van der Waals surface area contributed by atoms with Crippen LogP contribution in [0.1, 0.15) is 5.69 Å². The molecule has 0 fully saturated rings. The number of nitrogens with one attached hydrogen (secondary N) is 1. The van der Waals surface area contributed by atoms with Crippen LogP contribution in [0.25, 0.3) is 11.0 Å². The molecule has 6 heteroatoms. The number of benzene rings is 2. The molecule has 23 heavy (non-hydrogen) atoms. The predicted molar refractivity (Wildman–Crippen MR) is 90.8 cm³/mol. The van der Waals surface area contributed by atoms with Crippen molar-refractivity contribution in [3.8, 4) is 0 Å². The van der Waals surface area contributed by atoms with Crippen LogP contribution in [0.15, 0.2) is 53.3 Å². The first-order valence-corrected chi connectivity index (χ1v) is 7.44. The number of rotatable bonds is 3. The average molecular weight is 328 g/mol. The lowest BCUT2D eigenvalue weighted by molar-refractivity contribution is -0.116. The van der Waals surface area contributed by atoms with Crippen LogP contribution in [-0.4, -0.2) is 15.5 Å². The van der Waals surface area contributed by atoms with Crippen molar-refractivity contribution in [2.45, 2.75) is 13.5 Å². The zero-order valence-electron chi connectivity index (χ0n) is 12.4. The Bertz CT molecular complexity index is 950. The average Bonchev–Trinajstić information content (AvgIpc) is 2.54. The van der Waals surface area contributed by atoms with E-state index in [-0.39, 0.29) is 18.0 Å². The second-order valence-electron chi connectivity index (χ2n) is 5.11. The topological polar surface area (TPSA) is 64.0 Å². The molecule has 0 aliphatic heterocycles. The molecule has 5 nitrogen and oxygen atoms in total. The van der Waals surface area contributed by atoms with Crippen molar-refractivity contribution >= 4 is 34.2 Å². The molecule has 3 rings (SSSR count). The molecule has 0 aliphatic carbocycles. The number of amides is 1. The summed E-state index contributed by atoms with van der Waals surface area (Å²) < 4.78 is 1.42. The molecular weight excluding hydrogens is 314 g/mol. The van der Waals surface area contributed by atoms with E-state index in [1.807, 2.05) is 12.1 Å². The highest BCUT2D eigenvalue weighted by molar-refractivity contribution is 6.33. The van der Waals surface area contributed by atoms with Crippen molar-refractivity contribution in [1.29, 1.82) is 0 Å². The minimum Gasteiger partial charge on any atom is -0.323 e. The third-order valence-corrected chi connectivity index (χ3v) is 3.79. The number of hydrogen-bond donors (Lipinski definition) is 1. The third kappa shape index (κ3) is 3.10. The highest BCUT2D eigenvalue weighted by Crippen LogP contribution is 2.20. The molecule has 0 saturated carbocycles. The lowest BCUT2D eigenvalue weighted by Gasteiger charge is -2.12. The van der Waals surface area contributed by atoms with Crippen molar-refractivity contribution in [3.63, 3.8) is 0 Å². The Labute approximate surface area is 137 Å². The summed E-state index contributed by atoms with van der Waals surface area (Å²) >= 11 is 6.03. The molecule has 2 aromatic carbocycles. The lowest BCUT2D eigenvalue weighted by Crippen LogP contribution is -2.30. The summed E-state index contributed by atoms with van der Waals surface area (Å²) in [5, 5.41) is 3.17. The van der Waals surface area contributed by atoms with Crippen molar-refractivity contribution < 1.29 is 4.79 Å². The van der Waals surface area contributed by atoms with E-state index in [4.69, 9.17) is 11.6 Å². The molecule has 0 radical (unpaired) electrons. The number of aromatic nitrogens is 2. The first kappa shape index (κ1) is 15.2. The number of carbonyl (C=O) groups is 1. The fraction of sp³-hybridized carbons (Fsp3) is 0.118. The van der Waals surface area contributed by atoms with Gasteiger partial charge in [-0.05, 0) is 31.2 Å². The van der Waals surface area contributed by atoms with Gasteiger partial charge in [0.2, 0.25) is 5.91 Å². The highest BCUT2D eigenvalue weighted by atomic mass is 35.5. The first-order valence-electron chi connectivity index (χ1n) is 7.07. The van der Waals surface area contributed by atoms with Gasteiger partial charge in [0.1, 0.15) is 12.2 Å². The summed E-state index contributed by atoms with van der Waals surface area (Å²) in [7, 11) is 0. The van der Waals surface area contributed by atoms with Gasteiger partial charge in [-0.1, -0.05) is 35.9 Å². The normalized spacial score (nSPS) is 10.7. The molecule has 0 atom stereocenters. The number of para-hydroxylation sites is 3. The molecule has 0 aliphatic rings. The van der Waals surface area contributed by atoms with E-state index < -0.39 is 0 Å². The Morgan fingerprint density at radius 1 is 1.17 bits per heavy atom. The lowest BCUT2D eigenvalue weighted by atomic mass is 10.2. The van der Waals surface area contributed by atoms with Crippen molar-refractivity contribution in [2.24, 2.45) is 0 Å². The molecule has 1 N–H and O–H groups in total. The Balaban J connectivity index is 1.95.